The number of aromatic amines is 1. The normalized spacial score (nSPS) is 18.9. The van der Waals surface area contributed by atoms with Crippen molar-refractivity contribution in [2.75, 3.05) is 0 Å². The molecule has 0 saturated carbocycles. The van der Waals surface area contributed by atoms with Crippen molar-refractivity contribution in [1.82, 2.24) is 0 Å². The highest BCUT2D eigenvalue weighted by Gasteiger charge is 2.23. The Bertz CT molecular complexity index is 535. The lowest BCUT2D eigenvalue weighted by atomic mass is 9.83. The predicted octanol–water partition coefficient (Wildman–Crippen LogP) is 2.27. The molecule has 0 fully saturated rings. The number of H-pyrrole nitrogens is 1. The highest BCUT2D eigenvalue weighted by Crippen LogP contribution is 2.34. The van der Waals surface area contributed by atoms with Gasteiger partial charge in [0.1, 0.15) is 0 Å². The van der Waals surface area contributed by atoms with Crippen LogP contribution in [0, 0.1) is 10.8 Å². The first kappa shape index (κ1) is 13.9. The summed E-state index contributed by atoms with van der Waals surface area (Å²) in [6, 6.07) is 1.76. The third-order valence-electron chi connectivity index (χ3n) is 3.03. The number of allylic oxidation sites excluding steroid dienone is 3. The summed E-state index contributed by atoms with van der Waals surface area (Å²) in [5, 5.41) is 2.96. The van der Waals surface area contributed by atoms with Crippen LogP contribution in [0.4, 0.5) is 5.69 Å². The van der Waals surface area contributed by atoms with Crippen LogP contribution in [0.25, 0.3) is 5.57 Å². The van der Waals surface area contributed by atoms with Crippen LogP contribution in [0.1, 0.15) is 18.9 Å². The van der Waals surface area contributed by atoms with Crippen LogP contribution in [0.5, 0.6) is 0 Å². The molecule has 1 aromatic heterocycles. The smallest absolute Gasteiger partial charge is 0.197 e. The third-order valence-corrected chi connectivity index (χ3v) is 3.03. The van der Waals surface area contributed by atoms with Crippen LogP contribution >= 0.6 is 0 Å². The van der Waals surface area contributed by atoms with Gasteiger partial charge in [-0.05, 0) is 34.7 Å². The average molecular weight is 246 g/mol. The zero-order valence-corrected chi connectivity index (χ0v) is 10.0. The van der Waals surface area contributed by atoms with E-state index in [0.29, 0.717) is 23.2 Å². The van der Waals surface area contributed by atoms with Crippen LogP contribution in [0.3, 0.4) is 0 Å². The summed E-state index contributed by atoms with van der Waals surface area (Å²) in [4.78, 5) is 25.2. The molecule has 1 heterocycles. The number of carbonyl (C=O) groups excluding carboxylic acids is 1. The van der Waals surface area contributed by atoms with Crippen molar-refractivity contribution in [3.8, 4) is 0 Å². The van der Waals surface area contributed by atoms with E-state index < -0.39 is 0 Å². The topological polar surface area (TPSA) is 90.6 Å². The van der Waals surface area contributed by atoms with E-state index in [1.807, 2.05) is 6.92 Å². The fraction of sp³-hybridized carbons (Fsp3) is 0.231. The van der Waals surface area contributed by atoms with Crippen molar-refractivity contribution in [2.24, 2.45) is 11.1 Å². The second-order valence-corrected chi connectivity index (χ2v) is 4.20. The van der Waals surface area contributed by atoms with Crippen molar-refractivity contribution in [2.45, 2.75) is 13.3 Å². The highest BCUT2D eigenvalue weighted by molar-refractivity contribution is 6.10. The monoisotopic (exact) mass is 246 g/mol. The third kappa shape index (κ3) is 2.41. The molecule has 5 nitrogen and oxygen atoms in total. The van der Waals surface area contributed by atoms with Crippen LogP contribution in [0.2, 0.25) is 0 Å². The minimum absolute atomic E-state index is 0. The summed E-state index contributed by atoms with van der Waals surface area (Å²) in [6.07, 6.45) is 5.49. The van der Waals surface area contributed by atoms with Gasteiger partial charge in [-0.2, -0.15) is 0 Å². The predicted molar refractivity (Wildman–Crippen MR) is 66.3 cm³/mol. The molecule has 0 aromatic carbocycles. The summed E-state index contributed by atoms with van der Waals surface area (Å²) < 4.78 is 0. The lowest BCUT2D eigenvalue weighted by Crippen LogP contribution is -2.14. The van der Waals surface area contributed by atoms with Crippen molar-refractivity contribution in [3.05, 3.63) is 47.2 Å². The lowest BCUT2D eigenvalue weighted by Gasteiger charge is -2.20. The van der Waals surface area contributed by atoms with E-state index in [0.717, 1.165) is 5.57 Å². The Hall–Kier alpha value is -2.14. The van der Waals surface area contributed by atoms with E-state index in [4.69, 9.17) is 0 Å². The molecule has 2 N–H and O–H groups in total. The van der Waals surface area contributed by atoms with E-state index in [-0.39, 0.29) is 17.2 Å². The fourth-order valence-electron chi connectivity index (χ4n) is 1.96. The molecule has 0 amide bonds. The van der Waals surface area contributed by atoms with Gasteiger partial charge in [-0.15, -0.1) is 4.91 Å². The largest absolute Gasteiger partial charge is 0.870 e. The number of nitroso groups, excluding NO2 is 1. The van der Waals surface area contributed by atoms with Gasteiger partial charge in [0.2, 0.25) is 0 Å². The van der Waals surface area contributed by atoms with Crippen molar-refractivity contribution in [3.63, 3.8) is 0 Å². The molecule has 0 spiro atoms. The van der Waals surface area contributed by atoms with Gasteiger partial charge in [-0.25, -0.2) is 4.98 Å². The van der Waals surface area contributed by atoms with Crippen molar-refractivity contribution >= 4 is 17.0 Å². The summed E-state index contributed by atoms with van der Waals surface area (Å²) in [5.41, 5.74) is 2.51. The molecule has 18 heavy (non-hydrogen) atoms. The summed E-state index contributed by atoms with van der Waals surface area (Å²) in [7, 11) is 0. The number of aromatic nitrogens is 1. The molecule has 2 rings (SSSR count). The number of nitrogens with one attached hydrogen (secondary N) is 1. The van der Waals surface area contributed by atoms with Crippen LogP contribution in [-0.2, 0) is 4.79 Å². The Morgan fingerprint density at radius 2 is 2.22 bits per heavy atom. The van der Waals surface area contributed by atoms with Crippen molar-refractivity contribution in [1.29, 1.82) is 0 Å². The van der Waals surface area contributed by atoms with Gasteiger partial charge >= 0.3 is 0 Å². The van der Waals surface area contributed by atoms with Crippen LogP contribution < -0.4 is 4.98 Å². The maximum Gasteiger partial charge on any atom is 0.197 e. The lowest BCUT2D eigenvalue weighted by molar-refractivity contribution is -0.377. The highest BCUT2D eigenvalue weighted by atomic mass is 16.3. The first-order chi connectivity index (χ1) is 8.13. The SMILES string of the molecule is C=C1C(=O)C=C(c2cc[nH+]cc2N=O)C[C@@H]1C.[OH-]. The standard InChI is InChI=1S/C13H12N2O2.H2O/c1-8-5-10(6-13(16)9(8)2)11-3-4-14-7-12(11)15-17;/h3-4,6-8H,2,5H2,1H3;1H2/t8-;/m0./s1. The first-order valence-electron chi connectivity index (χ1n) is 5.41. The maximum atomic E-state index is 11.7. The van der Waals surface area contributed by atoms with Gasteiger partial charge in [0, 0.05) is 11.6 Å². The number of hydrogen-bond donors (Lipinski definition) is 0. The molecule has 0 radical (unpaired) electrons. The minimum atomic E-state index is -0.0663. The molecule has 1 atom stereocenters. The van der Waals surface area contributed by atoms with Crippen molar-refractivity contribution < 1.29 is 15.3 Å². The number of rotatable bonds is 2. The molecule has 0 aliphatic heterocycles. The zero-order chi connectivity index (χ0) is 12.4. The fourth-order valence-corrected chi connectivity index (χ4v) is 1.96. The van der Waals surface area contributed by atoms with E-state index in [1.165, 1.54) is 6.20 Å². The maximum absolute atomic E-state index is 11.7. The number of hydrogen-bond acceptors (Lipinski definition) is 4. The van der Waals surface area contributed by atoms with E-state index in [9.17, 15) is 9.70 Å². The Morgan fingerprint density at radius 1 is 1.50 bits per heavy atom. The van der Waals surface area contributed by atoms with Crippen LogP contribution in [-0.4, -0.2) is 11.3 Å². The van der Waals surface area contributed by atoms with E-state index >= 15 is 0 Å². The first-order valence-corrected chi connectivity index (χ1v) is 5.41. The molecule has 1 aliphatic rings. The van der Waals surface area contributed by atoms with Gasteiger partial charge in [0.15, 0.2) is 23.9 Å². The molecular formula is C13H14N2O3. The number of nitrogens with zero attached hydrogens (tertiary/aromatic N) is 1. The van der Waals surface area contributed by atoms with Gasteiger partial charge in [0.05, 0.1) is 0 Å². The quantitative estimate of drug-likeness (QED) is 0.592. The van der Waals surface area contributed by atoms with Crippen LogP contribution in [0.15, 0.2) is 41.9 Å². The zero-order valence-electron chi connectivity index (χ0n) is 10.0. The average Bonchev–Trinajstić information content (AvgIpc) is 2.35. The molecule has 5 heteroatoms. The number of carbonyl (C=O) groups is 1. The summed E-state index contributed by atoms with van der Waals surface area (Å²) in [6.45, 7) is 5.72. The van der Waals surface area contributed by atoms with Gasteiger partial charge < -0.3 is 5.48 Å². The molecule has 94 valence electrons. The molecule has 0 saturated heterocycles. The Morgan fingerprint density at radius 3 is 2.83 bits per heavy atom. The molecule has 1 aliphatic carbocycles. The van der Waals surface area contributed by atoms with E-state index in [2.05, 4.69) is 16.7 Å². The van der Waals surface area contributed by atoms with Gasteiger partial charge in [0.25, 0.3) is 0 Å². The molecule has 0 bridgehead atoms. The van der Waals surface area contributed by atoms with Gasteiger partial charge in [-0.1, -0.05) is 13.5 Å². The Labute approximate surface area is 105 Å². The number of ketones is 1. The Kier molecular flexibility index (Phi) is 4.23. The van der Waals surface area contributed by atoms with E-state index in [1.54, 1.807) is 18.3 Å². The second-order valence-electron chi connectivity index (χ2n) is 4.20. The minimum Gasteiger partial charge on any atom is -0.870 e. The Balaban J connectivity index is 0.00000162. The molecule has 0 unspecified atom stereocenters. The number of pyridine rings is 1. The van der Waals surface area contributed by atoms with Gasteiger partial charge in [-0.3, -0.25) is 4.79 Å². The molecular weight excluding hydrogens is 232 g/mol. The second kappa shape index (κ2) is 5.46. The summed E-state index contributed by atoms with van der Waals surface area (Å²) in [5.74, 6) is 0.0367. The summed E-state index contributed by atoms with van der Waals surface area (Å²) >= 11 is 0. The molecule has 1 aromatic rings.